The van der Waals surface area contributed by atoms with E-state index in [1.807, 2.05) is 25.4 Å². The molecule has 1 fully saturated rings. The summed E-state index contributed by atoms with van der Waals surface area (Å²) in [6, 6.07) is 5.96. The van der Waals surface area contributed by atoms with Crippen molar-refractivity contribution in [3.05, 3.63) is 39.3 Å². The van der Waals surface area contributed by atoms with E-state index >= 15 is 0 Å². The zero-order valence-corrected chi connectivity index (χ0v) is 12.4. The highest BCUT2D eigenvalue weighted by atomic mass is 35.5. The summed E-state index contributed by atoms with van der Waals surface area (Å²) in [5.74, 6) is 1.20. The molecule has 3 heterocycles. The summed E-state index contributed by atoms with van der Waals surface area (Å²) >= 11 is 7.62. The molecule has 0 unspecified atom stereocenters. The van der Waals surface area contributed by atoms with Gasteiger partial charge in [0.1, 0.15) is 5.69 Å². The molecule has 0 aromatic carbocycles. The van der Waals surface area contributed by atoms with Crippen molar-refractivity contribution >= 4 is 28.8 Å². The fraction of sp³-hybridized carbons (Fsp3) is 0.385. The monoisotopic (exact) mass is 308 g/mol. The summed E-state index contributed by atoms with van der Waals surface area (Å²) in [6.07, 6.45) is 3.65. The average Bonchev–Trinajstić information content (AvgIpc) is 3.05. The lowest BCUT2D eigenvalue weighted by Gasteiger charge is -2.39. The second-order valence-electron chi connectivity index (χ2n) is 5.23. The van der Waals surface area contributed by atoms with Crippen molar-refractivity contribution in [1.29, 1.82) is 0 Å². The lowest BCUT2D eigenvalue weighted by molar-refractivity contribution is -0.114. The maximum atomic E-state index is 5.98. The highest BCUT2D eigenvalue weighted by Gasteiger charge is 2.50. The summed E-state index contributed by atoms with van der Waals surface area (Å²) in [6.45, 7) is 0. The minimum absolute atomic E-state index is 0.423. The van der Waals surface area contributed by atoms with Gasteiger partial charge in [0.15, 0.2) is 11.6 Å². The predicted octanol–water partition coefficient (Wildman–Crippen LogP) is 2.69. The molecule has 0 radical (unpaired) electrons. The first kappa shape index (κ1) is 12.4. The SMILES string of the molecule is Cn1ccc(C2=NC3(CC(c4ccc(Cl)s4)C3)ON2)n1. The van der Waals surface area contributed by atoms with Crippen LogP contribution in [0.15, 0.2) is 29.4 Å². The summed E-state index contributed by atoms with van der Waals surface area (Å²) in [5.41, 5.74) is 3.30. The number of aliphatic imine (C=N–C) groups is 1. The number of hydrogen-bond acceptors (Lipinski definition) is 5. The van der Waals surface area contributed by atoms with Crippen LogP contribution in [0.2, 0.25) is 4.34 Å². The number of hydrogen-bond donors (Lipinski definition) is 1. The smallest absolute Gasteiger partial charge is 0.188 e. The molecule has 20 heavy (non-hydrogen) atoms. The molecule has 4 rings (SSSR count). The number of rotatable bonds is 2. The van der Waals surface area contributed by atoms with E-state index in [0.29, 0.717) is 11.8 Å². The van der Waals surface area contributed by atoms with E-state index in [0.717, 1.165) is 22.9 Å². The van der Waals surface area contributed by atoms with Gasteiger partial charge in [0.2, 0.25) is 0 Å². The third kappa shape index (κ3) is 1.95. The molecule has 1 spiro atoms. The lowest BCUT2D eigenvalue weighted by atomic mass is 9.76. The predicted molar refractivity (Wildman–Crippen MR) is 78.0 cm³/mol. The molecule has 1 N–H and O–H groups in total. The van der Waals surface area contributed by atoms with Gasteiger partial charge in [-0.1, -0.05) is 11.6 Å². The molecule has 2 aliphatic rings. The van der Waals surface area contributed by atoms with Crippen LogP contribution in [0, 0.1) is 0 Å². The molecule has 7 heteroatoms. The molecule has 1 saturated carbocycles. The number of thiophene rings is 1. The first-order chi connectivity index (χ1) is 9.63. The van der Waals surface area contributed by atoms with Gasteiger partial charge in [-0.05, 0) is 18.2 Å². The second-order valence-corrected chi connectivity index (χ2v) is 6.98. The van der Waals surface area contributed by atoms with Gasteiger partial charge in [-0.25, -0.2) is 15.3 Å². The average molecular weight is 309 g/mol. The fourth-order valence-corrected chi connectivity index (χ4v) is 3.84. The Morgan fingerprint density at radius 1 is 1.45 bits per heavy atom. The fourth-order valence-electron chi connectivity index (χ4n) is 2.68. The third-order valence-electron chi connectivity index (χ3n) is 3.74. The van der Waals surface area contributed by atoms with Gasteiger partial charge < -0.3 is 0 Å². The number of nitrogens with zero attached hydrogens (tertiary/aromatic N) is 3. The largest absolute Gasteiger partial charge is 0.275 e. The topological polar surface area (TPSA) is 51.4 Å². The van der Waals surface area contributed by atoms with Gasteiger partial charge in [-0.2, -0.15) is 5.10 Å². The molecule has 104 valence electrons. The van der Waals surface area contributed by atoms with Crippen LogP contribution in [-0.4, -0.2) is 21.3 Å². The van der Waals surface area contributed by atoms with Crippen molar-refractivity contribution in [2.75, 3.05) is 0 Å². The molecular formula is C13H13ClN4OS. The number of aromatic nitrogens is 2. The van der Waals surface area contributed by atoms with Gasteiger partial charge in [0, 0.05) is 36.9 Å². The van der Waals surface area contributed by atoms with Crippen LogP contribution < -0.4 is 5.48 Å². The molecule has 2 aromatic heterocycles. The van der Waals surface area contributed by atoms with Gasteiger partial charge in [0.05, 0.1) is 4.34 Å². The highest BCUT2D eigenvalue weighted by molar-refractivity contribution is 7.16. The molecular weight excluding hydrogens is 296 g/mol. The number of halogens is 1. The minimum atomic E-state index is -0.423. The van der Waals surface area contributed by atoms with Crippen LogP contribution >= 0.6 is 22.9 Å². The van der Waals surface area contributed by atoms with Gasteiger partial charge >= 0.3 is 0 Å². The van der Waals surface area contributed by atoms with Gasteiger partial charge in [0.25, 0.3) is 0 Å². The van der Waals surface area contributed by atoms with E-state index in [2.05, 4.69) is 21.6 Å². The Balaban J connectivity index is 1.50. The van der Waals surface area contributed by atoms with Crippen molar-refractivity contribution < 1.29 is 4.84 Å². The molecule has 1 aliphatic carbocycles. The second kappa shape index (κ2) is 4.31. The first-order valence-corrected chi connectivity index (χ1v) is 7.62. The van der Waals surface area contributed by atoms with Crippen LogP contribution in [0.4, 0.5) is 0 Å². The Labute approximate surface area is 125 Å². The van der Waals surface area contributed by atoms with Crippen LogP contribution in [0.25, 0.3) is 0 Å². The summed E-state index contributed by atoms with van der Waals surface area (Å²) in [4.78, 5) is 11.7. The summed E-state index contributed by atoms with van der Waals surface area (Å²) in [5, 5.41) is 4.33. The highest BCUT2D eigenvalue weighted by Crippen LogP contribution is 2.51. The quantitative estimate of drug-likeness (QED) is 0.928. The number of amidine groups is 1. The summed E-state index contributed by atoms with van der Waals surface area (Å²) < 4.78 is 2.59. The Kier molecular flexibility index (Phi) is 2.67. The van der Waals surface area contributed by atoms with Crippen LogP contribution in [0.3, 0.4) is 0 Å². The van der Waals surface area contributed by atoms with E-state index in [1.165, 1.54) is 4.88 Å². The Bertz CT molecular complexity index is 686. The maximum Gasteiger partial charge on any atom is 0.188 e. The van der Waals surface area contributed by atoms with Crippen molar-refractivity contribution in [3.8, 4) is 0 Å². The number of aryl methyl sites for hydroxylation is 1. The van der Waals surface area contributed by atoms with Crippen molar-refractivity contribution in [3.63, 3.8) is 0 Å². The van der Waals surface area contributed by atoms with Crippen molar-refractivity contribution in [2.45, 2.75) is 24.5 Å². The maximum absolute atomic E-state index is 5.98. The van der Waals surface area contributed by atoms with Crippen LogP contribution in [-0.2, 0) is 11.9 Å². The van der Waals surface area contributed by atoms with E-state index in [9.17, 15) is 0 Å². The Morgan fingerprint density at radius 3 is 2.95 bits per heavy atom. The zero-order chi connectivity index (χ0) is 13.7. The number of hydroxylamine groups is 1. The minimum Gasteiger partial charge on any atom is -0.275 e. The van der Waals surface area contributed by atoms with Gasteiger partial charge in [-0.15, -0.1) is 11.3 Å². The first-order valence-electron chi connectivity index (χ1n) is 6.43. The summed E-state index contributed by atoms with van der Waals surface area (Å²) in [7, 11) is 1.88. The van der Waals surface area contributed by atoms with Crippen LogP contribution in [0.1, 0.15) is 29.3 Å². The standard InChI is InChI=1S/C13H13ClN4OS/c1-18-5-4-9(16-18)12-15-13(19-17-12)6-8(7-13)10-2-3-11(14)20-10/h2-5,8H,6-7H2,1H3,(H,15,17). The Morgan fingerprint density at radius 2 is 2.30 bits per heavy atom. The molecule has 0 amide bonds. The lowest BCUT2D eigenvalue weighted by Crippen LogP contribution is -2.42. The Hall–Kier alpha value is -1.37. The molecule has 0 atom stereocenters. The number of nitrogens with one attached hydrogen (secondary N) is 1. The van der Waals surface area contributed by atoms with Crippen molar-refractivity contribution in [1.82, 2.24) is 15.3 Å². The van der Waals surface area contributed by atoms with Crippen molar-refractivity contribution in [2.24, 2.45) is 12.0 Å². The normalized spacial score (nSPS) is 28.3. The zero-order valence-electron chi connectivity index (χ0n) is 10.8. The van der Waals surface area contributed by atoms with E-state index in [1.54, 1.807) is 16.0 Å². The molecule has 0 saturated heterocycles. The molecule has 1 aliphatic heterocycles. The van der Waals surface area contributed by atoms with E-state index < -0.39 is 5.72 Å². The van der Waals surface area contributed by atoms with E-state index in [-0.39, 0.29) is 0 Å². The van der Waals surface area contributed by atoms with Gasteiger partial charge in [-0.3, -0.25) is 4.68 Å². The molecule has 5 nitrogen and oxygen atoms in total. The molecule has 0 bridgehead atoms. The molecule has 2 aromatic rings. The van der Waals surface area contributed by atoms with E-state index in [4.69, 9.17) is 16.4 Å². The van der Waals surface area contributed by atoms with Crippen LogP contribution in [0.5, 0.6) is 0 Å². The third-order valence-corrected chi connectivity index (χ3v) is 5.13.